The number of carbonyl (C=O) groups is 1. The Balaban J connectivity index is 4.07. The second-order valence-corrected chi connectivity index (χ2v) is 2.56. The molecule has 74 valence electrons. The number of unbranched alkanes of at least 4 members (excludes halogenated alkanes) is 1. The topological polar surface area (TPSA) is 58.4 Å². The van der Waals surface area contributed by atoms with Crippen LogP contribution < -0.4 is 11.3 Å². The van der Waals surface area contributed by atoms with E-state index in [1.165, 1.54) is 4.90 Å². The number of hydrogen-bond donors (Lipinski definition) is 2. The minimum absolute atomic E-state index is 0.327. The first kappa shape index (κ1) is 11.7. The van der Waals surface area contributed by atoms with Crippen molar-refractivity contribution in [3.8, 4) is 0 Å². The highest BCUT2D eigenvalue weighted by molar-refractivity contribution is 5.74. The van der Waals surface area contributed by atoms with Crippen molar-refractivity contribution in [2.24, 2.45) is 5.84 Å². The van der Waals surface area contributed by atoms with Crippen LogP contribution in [0.5, 0.6) is 0 Å². The van der Waals surface area contributed by atoms with Gasteiger partial charge in [-0.3, -0.25) is 10.3 Å². The Bertz CT molecular complexity index is 189. The summed E-state index contributed by atoms with van der Waals surface area (Å²) in [6.07, 6.45) is 7.30. The van der Waals surface area contributed by atoms with E-state index in [9.17, 15) is 4.79 Å². The molecule has 2 amide bonds. The third-order valence-corrected chi connectivity index (χ3v) is 1.45. The molecule has 0 aliphatic heterocycles. The summed E-state index contributed by atoms with van der Waals surface area (Å²) < 4.78 is 0. The fourth-order valence-corrected chi connectivity index (χ4v) is 0.802. The van der Waals surface area contributed by atoms with Crippen LogP contribution in [0, 0.1) is 0 Å². The monoisotopic (exact) mass is 183 g/mol. The molecule has 13 heavy (non-hydrogen) atoms. The molecule has 0 fully saturated rings. The summed E-state index contributed by atoms with van der Waals surface area (Å²) in [4.78, 5) is 12.5. The molecular weight excluding hydrogens is 166 g/mol. The van der Waals surface area contributed by atoms with Gasteiger partial charge in [0.1, 0.15) is 0 Å². The van der Waals surface area contributed by atoms with Crippen LogP contribution in [0.1, 0.15) is 19.8 Å². The average molecular weight is 183 g/mol. The third kappa shape index (κ3) is 5.03. The van der Waals surface area contributed by atoms with Crippen molar-refractivity contribution in [2.75, 3.05) is 6.54 Å². The number of hydrazine groups is 1. The highest BCUT2D eigenvalue weighted by Gasteiger charge is 2.04. The molecule has 0 saturated carbocycles. The van der Waals surface area contributed by atoms with Crippen LogP contribution in [0.15, 0.2) is 24.9 Å². The van der Waals surface area contributed by atoms with Gasteiger partial charge in [0.15, 0.2) is 0 Å². The van der Waals surface area contributed by atoms with Crippen molar-refractivity contribution in [3.63, 3.8) is 0 Å². The van der Waals surface area contributed by atoms with E-state index < -0.39 is 0 Å². The number of carbonyl (C=O) groups excluding carboxylic acids is 1. The zero-order chi connectivity index (χ0) is 10.1. The fraction of sp³-hybridized carbons (Fsp3) is 0.444. The lowest BCUT2D eigenvalue weighted by atomic mass is 10.3. The molecule has 4 nitrogen and oxygen atoms in total. The number of nitrogens with one attached hydrogen (secondary N) is 1. The smallest absolute Gasteiger partial charge is 0.297 e. The first-order valence-electron chi connectivity index (χ1n) is 4.31. The summed E-state index contributed by atoms with van der Waals surface area (Å²) in [5.41, 5.74) is 2.06. The fourth-order valence-electron chi connectivity index (χ4n) is 0.802. The van der Waals surface area contributed by atoms with Gasteiger partial charge in [0.2, 0.25) is 0 Å². The lowest BCUT2D eigenvalue weighted by Crippen LogP contribution is -2.40. The largest absolute Gasteiger partial charge is 0.335 e. The predicted molar refractivity (Wildman–Crippen MR) is 53.7 cm³/mol. The maximum absolute atomic E-state index is 11.1. The van der Waals surface area contributed by atoms with Crippen molar-refractivity contribution in [2.45, 2.75) is 19.8 Å². The molecule has 0 atom stereocenters. The number of nitrogens with zero attached hydrogens (tertiary/aromatic N) is 1. The quantitative estimate of drug-likeness (QED) is 0.293. The molecule has 0 radical (unpaired) electrons. The summed E-state index contributed by atoms with van der Waals surface area (Å²) >= 11 is 0. The Kier molecular flexibility index (Phi) is 6.63. The highest BCUT2D eigenvalue weighted by atomic mass is 16.2. The molecule has 0 unspecified atom stereocenters. The SMILES string of the molecule is C=CCN(/C=C/CCC)C(=O)NN. The summed E-state index contributed by atoms with van der Waals surface area (Å²) in [7, 11) is 0. The summed E-state index contributed by atoms with van der Waals surface area (Å²) in [6, 6.07) is -0.327. The Morgan fingerprint density at radius 1 is 1.69 bits per heavy atom. The van der Waals surface area contributed by atoms with E-state index in [1.54, 1.807) is 12.3 Å². The zero-order valence-electron chi connectivity index (χ0n) is 7.99. The first-order valence-corrected chi connectivity index (χ1v) is 4.31. The maximum atomic E-state index is 11.1. The summed E-state index contributed by atoms with van der Waals surface area (Å²) in [6.45, 7) is 6.09. The molecule has 3 N–H and O–H groups in total. The van der Waals surface area contributed by atoms with Gasteiger partial charge in [-0.2, -0.15) is 0 Å². The van der Waals surface area contributed by atoms with E-state index >= 15 is 0 Å². The Hall–Kier alpha value is -1.29. The van der Waals surface area contributed by atoms with E-state index in [4.69, 9.17) is 5.84 Å². The molecule has 4 heteroatoms. The first-order chi connectivity index (χ1) is 6.26. The van der Waals surface area contributed by atoms with Crippen LogP contribution in [0.3, 0.4) is 0 Å². The average Bonchev–Trinajstić information content (AvgIpc) is 2.16. The number of urea groups is 1. The second-order valence-electron chi connectivity index (χ2n) is 2.56. The molecule has 0 heterocycles. The van der Waals surface area contributed by atoms with E-state index in [0.29, 0.717) is 6.54 Å². The highest BCUT2D eigenvalue weighted by Crippen LogP contribution is 1.95. The van der Waals surface area contributed by atoms with E-state index in [0.717, 1.165) is 12.8 Å². The van der Waals surface area contributed by atoms with Gasteiger partial charge in [-0.25, -0.2) is 10.6 Å². The number of nitrogens with two attached hydrogens (primary N) is 1. The molecular formula is C9H17N3O. The van der Waals surface area contributed by atoms with Gasteiger partial charge in [-0.05, 0) is 6.42 Å². The second kappa shape index (κ2) is 7.36. The third-order valence-electron chi connectivity index (χ3n) is 1.45. The van der Waals surface area contributed by atoms with E-state index in [1.807, 2.05) is 6.08 Å². The van der Waals surface area contributed by atoms with Crippen molar-refractivity contribution in [1.82, 2.24) is 10.3 Å². The van der Waals surface area contributed by atoms with Gasteiger partial charge in [0.05, 0.1) is 0 Å². The summed E-state index contributed by atoms with van der Waals surface area (Å²) in [5, 5.41) is 0. The molecule has 0 bridgehead atoms. The van der Waals surface area contributed by atoms with E-state index in [2.05, 4.69) is 18.9 Å². The Morgan fingerprint density at radius 3 is 2.85 bits per heavy atom. The van der Waals surface area contributed by atoms with E-state index in [-0.39, 0.29) is 6.03 Å². The van der Waals surface area contributed by atoms with Crippen LogP contribution in [0.4, 0.5) is 4.79 Å². The molecule has 0 aromatic heterocycles. The molecule has 0 aliphatic carbocycles. The normalized spacial score (nSPS) is 10.0. The minimum Gasteiger partial charge on any atom is -0.297 e. The number of rotatable bonds is 5. The maximum Gasteiger partial charge on any atom is 0.335 e. The molecule has 0 spiro atoms. The van der Waals surface area contributed by atoms with Gasteiger partial charge in [0.25, 0.3) is 0 Å². The molecule has 0 aromatic rings. The van der Waals surface area contributed by atoms with Gasteiger partial charge in [-0.15, -0.1) is 6.58 Å². The number of allylic oxidation sites excluding steroid dienone is 1. The van der Waals surface area contributed by atoms with Crippen LogP contribution in [-0.2, 0) is 0 Å². The van der Waals surface area contributed by atoms with Gasteiger partial charge in [-0.1, -0.05) is 25.5 Å². The standard InChI is InChI=1S/C9H17N3O/c1-3-5-6-8-12(7-4-2)9(13)11-10/h4,6,8H,2-3,5,7,10H2,1H3,(H,11,13)/b8-6+. The molecule has 0 saturated heterocycles. The van der Waals surface area contributed by atoms with Crippen LogP contribution in [0.2, 0.25) is 0 Å². The van der Waals surface area contributed by atoms with Gasteiger partial charge < -0.3 is 0 Å². The van der Waals surface area contributed by atoms with Crippen molar-refractivity contribution in [1.29, 1.82) is 0 Å². The molecule has 0 aromatic carbocycles. The Morgan fingerprint density at radius 2 is 2.38 bits per heavy atom. The number of amides is 2. The van der Waals surface area contributed by atoms with Gasteiger partial charge >= 0.3 is 6.03 Å². The lowest BCUT2D eigenvalue weighted by molar-refractivity contribution is 0.219. The molecule has 0 aliphatic rings. The van der Waals surface area contributed by atoms with Gasteiger partial charge in [0, 0.05) is 12.7 Å². The van der Waals surface area contributed by atoms with Crippen molar-refractivity contribution < 1.29 is 4.79 Å². The van der Waals surface area contributed by atoms with Crippen molar-refractivity contribution in [3.05, 3.63) is 24.9 Å². The Labute approximate surface area is 79.1 Å². The zero-order valence-corrected chi connectivity index (χ0v) is 7.99. The van der Waals surface area contributed by atoms with Crippen LogP contribution in [-0.4, -0.2) is 17.5 Å². The van der Waals surface area contributed by atoms with Crippen LogP contribution >= 0.6 is 0 Å². The lowest BCUT2D eigenvalue weighted by Gasteiger charge is -2.14. The predicted octanol–water partition coefficient (Wildman–Crippen LogP) is 1.37. The number of hydrogen-bond acceptors (Lipinski definition) is 2. The minimum atomic E-state index is -0.327. The van der Waals surface area contributed by atoms with Crippen LogP contribution in [0.25, 0.3) is 0 Å². The summed E-state index contributed by atoms with van der Waals surface area (Å²) in [5.74, 6) is 5.00. The van der Waals surface area contributed by atoms with Crippen molar-refractivity contribution >= 4 is 6.03 Å². The molecule has 0 rings (SSSR count).